The van der Waals surface area contributed by atoms with Crippen LogP contribution in [0.3, 0.4) is 0 Å². The average Bonchev–Trinajstić information content (AvgIpc) is 2.44. The van der Waals surface area contributed by atoms with Gasteiger partial charge in [-0.2, -0.15) is 5.26 Å². The molecule has 0 radical (unpaired) electrons. The molecular weight excluding hydrogens is 240 g/mol. The SMILES string of the molecule is CCC(CC)NC(=O)C(C)Oc1ccccc1C#N. The molecular formula is C15H20N2O2. The van der Waals surface area contributed by atoms with Gasteiger partial charge in [-0.05, 0) is 31.9 Å². The van der Waals surface area contributed by atoms with E-state index < -0.39 is 6.10 Å². The summed E-state index contributed by atoms with van der Waals surface area (Å²) in [5.74, 6) is 0.290. The Bertz CT molecular complexity index is 461. The molecule has 0 heterocycles. The fraction of sp³-hybridized carbons (Fsp3) is 0.467. The van der Waals surface area contributed by atoms with Gasteiger partial charge < -0.3 is 10.1 Å². The van der Waals surface area contributed by atoms with Gasteiger partial charge in [0.15, 0.2) is 6.10 Å². The van der Waals surface area contributed by atoms with E-state index in [2.05, 4.69) is 5.32 Å². The Hall–Kier alpha value is -2.02. The van der Waals surface area contributed by atoms with E-state index in [1.54, 1.807) is 31.2 Å². The van der Waals surface area contributed by atoms with Crippen LogP contribution in [0, 0.1) is 11.3 Å². The number of nitriles is 1. The van der Waals surface area contributed by atoms with Crippen molar-refractivity contribution >= 4 is 5.91 Å². The van der Waals surface area contributed by atoms with Crippen molar-refractivity contribution < 1.29 is 9.53 Å². The molecule has 0 fully saturated rings. The third-order valence-electron chi connectivity index (χ3n) is 3.01. The largest absolute Gasteiger partial charge is 0.480 e. The molecule has 1 amide bonds. The zero-order chi connectivity index (χ0) is 14.3. The van der Waals surface area contributed by atoms with E-state index in [9.17, 15) is 4.79 Å². The maximum absolute atomic E-state index is 12.0. The molecule has 0 aromatic heterocycles. The normalized spacial score (nSPS) is 11.7. The van der Waals surface area contributed by atoms with Crippen molar-refractivity contribution in [3.05, 3.63) is 29.8 Å². The molecule has 0 aliphatic carbocycles. The molecule has 0 aliphatic rings. The molecule has 1 aromatic rings. The molecule has 102 valence electrons. The van der Waals surface area contributed by atoms with Crippen LogP contribution in [0.25, 0.3) is 0 Å². The summed E-state index contributed by atoms with van der Waals surface area (Å²) in [5.41, 5.74) is 0.435. The summed E-state index contributed by atoms with van der Waals surface area (Å²) in [4.78, 5) is 12.0. The van der Waals surface area contributed by atoms with Crippen LogP contribution in [0.5, 0.6) is 5.75 Å². The van der Waals surface area contributed by atoms with E-state index >= 15 is 0 Å². The van der Waals surface area contributed by atoms with Crippen LogP contribution >= 0.6 is 0 Å². The lowest BCUT2D eigenvalue weighted by Crippen LogP contribution is -2.42. The first-order chi connectivity index (χ1) is 9.12. The average molecular weight is 260 g/mol. The lowest BCUT2D eigenvalue weighted by Gasteiger charge is -2.19. The van der Waals surface area contributed by atoms with Gasteiger partial charge in [0.1, 0.15) is 11.8 Å². The Balaban J connectivity index is 2.66. The Morgan fingerprint density at radius 3 is 2.58 bits per heavy atom. The highest BCUT2D eigenvalue weighted by molar-refractivity contribution is 5.81. The standard InChI is InChI=1S/C15H20N2O2/c1-4-13(5-2)17-15(18)11(3)19-14-9-7-6-8-12(14)10-16/h6-9,11,13H,4-5H2,1-3H3,(H,17,18). The van der Waals surface area contributed by atoms with Crippen LogP contribution in [-0.4, -0.2) is 18.1 Å². The number of hydrogen-bond donors (Lipinski definition) is 1. The molecule has 4 heteroatoms. The van der Waals surface area contributed by atoms with E-state index in [4.69, 9.17) is 10.00 Å². The number of carbonyl (C=O) groups excluding carboxylic acids is 1. The van der Waals surface area contributed by atoms with Crippen molar-refractivity contribution in [1.29, 1.82) is 5.26 Å². The molecule has 1 rings (SSSR count). The van der Waals surface area contributed by atoms with Crippen LogP contribution in [0.1, 0.15) is 39.2 Å². The number of ether oxygens (including phenoxy) is 1. The van der Waals surface area contributed by atoms with Gasteiger partial charge in [0.2, 0.25) is 0 Å². The van der Waals surface area contributed by atoms with Crippen molar-refractivity contribution in [1.82, 2.24) is 5.32 Å². The number of hydrogen-bond acceptors (Lipinski definition) is 3. The predicted molar refractivity (Wildman–Crippen MR) is 73.8 cm³/mol. The molecule has 1 atom stereocenters. The molecule has 1 unspecified atom stereocenters. The quantitative estimate of drug-likeness (QED) is 0.855. The molecule has 1 N–H and O–H groups in total. The second kappa shape index (κ2) is 7.42. The maximum Gasteiger partial charge on any atom is 0.260 e. The fourth-order valence-electron chi connectivity index (χ4n) is 1.72. The van der Waals surface area contributed by atoms with Crippen LogP contribution in [-0.2, 0) is 4.79 Å². The number of nitrogens with one attached hydrogen (secondary N) is 1. The molecule has 19 heavy (non-hydrogen) atoms. The summed E-state index contributed by atoms with van der Waals surface area (Å²) in [6, 6.07) is 9.12. The van der Waals surface area contributed by atoms with Gasteiger partial charge in [-0.1, -0.05) is 26.0 Å². The van der Waals surface area contributed by atoms with Gasteiger partial charge in [0.25, 0.3) is 5.91 Å². The molecule has 1 aromatic carbocycles. The third-order valence-corrected chi connectivity index (χ3v) is 3.01. The smallest absolute Gasteiger partial charge is 0.260 e. The van der Waals surface area contributed by atoms with Crippen molar-refractivity contribution in [2.24, 2.45) is 0 Å². The Morgan fingerprint density at radius 2 is 2.00 bits per heavy atom. The lowest BCUT2D eigenvalue weighted by molar-refractivity contribution is -0.128. The predicted octanol–water partition coefficient (Wildman–Crippen LogP) is 2.63. The van der Waals surface area contributed by atoms with Crippen LogP contribution < -0.4 is 10.1 Å². The van der Waals surface area contributed by atoms with Gasteiger partial charge in [0, 0.05) is 6.04 Å². The minimum Gasteiger partial charge on any atom is -0.480 e. The molecule has 0 bridgehead atoms. The van der Waals surface area contributed by atoms with Gasteiger partial charge >= 0.3 is 0 Å². The summed E-state index contributed by atoms with van der Waals surface area (Å²) in [5, 5.41) is 11.9. The Morgan fingerprint density at radius 1 is 1.37 bits per heavy atom. The van der Waals surface area contributed by atoms with E-state index in [1.165, 1.54) is 0 Å². The van der Waals surface area contributed by atoms with Crippen molar-refractivity contribution in [3.8, 4) is 11.8 Å². The molecule has 0 saturated heterocycles. The van der Waals surface area contributed by atoms with Crippen molar-refractivity contribution in [2.75, 3.05) is 0 Å². The number of amides is 1. The first kappa shape index (κ1) is 15.0. The minimum atomic E-state index is -0.616. The second-order valence-corrected chi connectivity index (χ2v) is 4.39. The number of carbonyl (C=O) groups is 1. The number of rotatable bonds is 6. The topological polar surface area (TPSA) is 62.1 Å². The molecule has 0 saturated carbocycles. The zero-order valence-corrected chi connectivity index (χ0v) is 11.6. The van der Waals surface area contributed by atoms with E-state index in [0.29, 0.717) is 11.3 Å². The summed E-state index contributed by atoms with van der Waals surface area (Å²) >= 11 is 0. The minimum absolute atomic E-state index is 0.151. The Kier molecular flexibility index (Phi) is 5.87. The van der Waals surface area contributed by atoms with Crippen molar-refractivity contribution in [3.63, 3.8) is 0 Å². The van der Waals surface area contributed by atoms with Crippen molar-refractivity contribution in [2.45, 2.75) is 45.8 Å². The molecule has 0 spiro atoms. The first-order valence-electron chi connectivity index (χ1n) is 6.58. The molecule has 0 aliphatic heterocycles. The van der Waals surface area contributed by atoms with Gasteiger partial charge in [-0.15, -0.1) is 0 Å². The highest BCUT2D eigenvalue weighted by Gasteiger charge is 2.18. The monoisotopic (exact) mass is 260 g/mol. The summed E-state index contributed by atoms with van der Waals surface area (Å²) in [7, 11) is 0. The Labute approximate surface area is 114 Å². The van der Waals surface area contributed by atoms with E-state index in [0.717, 1.165) is 12.8 Å². The van der Waals surface area contributed by atoms with Crippen LogP contribution in [0.15, 0.2) is 24.3 Å². The van der Waals surface area contributed by atoms with Crippen LogP contribution in [0.4, 0.5) is 0 Å². The highest BCUT2D eigenvalue weighted by Crippen LogP contribution is 2.18. The second-order valence-electron chi connectivity index (χ2n) is 4.39. The highest BCUT2D eigenvalue weighted by atomic mass is 16.5. The van der Waals surface area contributed by atoms with E-state index in [1.807, 2.05) is 19.9 Å². The lowest BCUT2D eigenvalue weighted by atomic mass is 10.1. The third kappa shape index (κ3) is 4.29. The summed E-state index contributed by atoms with van der Waals surface area (Å²) < 4.78 is 5.55. The van der Waals surface area contributed by atoms with E-state index in [-0.39, 0.29) is 11.9 Å². The molecule has 4 nitrogen and oxygen atoms in total. The first-order valence-corrected chi connectivity index (χ1v) is 6.58. The summed E-state index contributed by atoms with van der Waals surface area (Å²) in [6.45, 7) is 5.75. The van der Waals surface area contributed by atoms with Gasteiger partial charge in [-0.25, -0.2) is 0 Å². The number of nitrogens with zero attached hydrogens (tertiary/aromatic N) is 1. The van der Waals surface area contributed by atoms with Crippen LogP contribution in [0.2, 0.25) is 0 Å². The zero-order valence-electron chi connectivity index (χ0n) is 11.6. The number of benzene rings is 1. The number of para-hydroxylation sites is 1. The maximum atomic E-state index is 12.0. The van der Waals surface area contributed by atoms with Gasteiger partial charge in [-0.3, -0.25) is 4.79 Å². The fourth-order valence-corrected chi connectivity index (χ4v) is 1.72. The van der Waals surface area contributed by atoms with Gasteiger partial charge in [0.05, 0.1) is 5.56 Å². The summed E-state index contributed by atoms with van der Waals surface area (Å²) in [6.07, 6.45) is 1.17.